The van der Waals surface area contributed by atoms with Crippen molar-refractivity contribution in [1.82, 2.24) is 4.90 Å². The zero-order valence-corrected chi connectivity index (χ0v) is 7.56. The molecule has 69 valence electrons. The van der Waals surface area contributed by atoms with Gasteiger partial charge in [0.05, 0.1) is 0 Å². The van der Waals surface area contributed by atoms with Gasteiger partial charge in [-0.15, -0.1) is 0 Å². The smallest absolute Gasteiger partial charge is 0.154 e. The largest absolute Gasteiger partial charge is 0.266 e. The summed E-state index contributed by atoms with van der Waals surface area (Å²) in [6, 6.07) is 1.39. The quantitative estimate of drug-likeness (QED) is 0.547. The normalized spacial score (nSPS) is 34.2. The molecule has 1 aliphatic heterocycles. The fourth-order valence-corrected chi connectivity index (χ4v) is 2.32. The summed E-state index contributed by atoms with van der Waals surface area (Å²) in [5, 5.41) is 0. The van der Waals surface area contributed by atoms with Gasteiger partial charge in [-0.25, -0.2) is 4.39 Å². The minimum atomic E-state index is -0.660. The first-order valence-corrected chi connectivity index (χ1v) is 5.13. The summed E-state index contributed by atoms with van der Waals surface area (Å²) >= 11 is 0. The maximum absolute atomic E-state index is 13.4. The van der Waals surface area contributed by atoms with Crippen LogP contribution in [0.4, 0.5) is 4.39 Å². The molecule has 2 rings (SSSR count). The molecule has 0 amide bonds. The molecule has 1 unspecified atom stereocenters. The Kier molecular flexibility index (Phi) is 2.64. The number of alkyl halides is 1. The van der Waals surface area contributed by atoms with Crippen LogP contribution in [-0.4, -0.2) is 17.7 Å². The molecular weight excluding hydrogens is 153 g/mol. The highest BCUT2D eigenvalue weighted by molar-refractivity contribution is 4.96. The van der Waals surface area contributed by atoms with Gasteiger partial charge in [0, 0.05) is 12.6 Å². The molecule has 1 nitrogen and oxygen atoms in total. The van der Waals surface area contributed by atoms with E-state index in [9.17, 15) is 4.39 Å². The molecule has 12 heavy (non-hydrogen) atoms. The van der Waals surface area contributed by atoms with E-state index in [1.54, 1.807) is 0 Å². The monoisotopic (exact) mass is 170 g/mol. The van der Waals surface area contributed by atoms with Gasteiger partial charge in [0.2, 0.25) is 0 Å². The number of rotatable bonds is 1. The van der Waals surface area contributed by atoms with Crippen molar-refractivity contribution in [3.05, 3.63) is 6.04 Å². The van der Waals surface area contributed by atoms with E-state index < -0.39 is 6.30 Å². The Balaban J connectivity index is 1.91. The first-order valence-electron chi connectivity index (χ1n) is 5.13. The van der Waals surface area contributed by atoms with E-state index in [-0.39, 0.29) is 0 Å². The summed E-state index contributed by atoms with van der Waals surface area (Å²) in [6.07, 6.45) is 7.21. The molecule has 0 aromatic heterocycles. The average Bonchev–Trinajstić information content (AvgIpc) is 2.57. The van der Waals surface area contributed by atoms with Crippen LogP contribution in [0.3, 0.4) is 0 Å². The highest BCUT2D eigenvalue weighted by atomic mass is 19.1. The van der Waals surface area contributed by atoms with E-state index >= 15 is 0 Å². The van der Waals surface area contributed by atoms with Crippen molar-refractivity contribution in [2.75, 3.05) is 6.54 Å². The number of hydrogen-bond donors (Lipinski definition) is 0. The van der Waals surface area contributed by atoms with E-state index in [0.717, 1.165) is 32.2 Å². The number of halogens is 1. The second-order valence-corrected chi connectivity index (χ2v) is 3.90. The van der Waals surface area contributed by atoms with E-state index in [1.165, 1.54) is 25.3 Å². The van der Waals surface area contributed by atoms with Crippen LogP contribution in [0.15, 0.2) is 0 Å². The summed E-state index contributed by atoms with van der Waals surface area (Å²) in [4.78, 5) is 2.02. The lowest BCUT2D eigenvalue weighted by molar-refractivity contribution is 0.0503. The van der Waals surface area contributed by atoms with Gasteiger partial charge in [0.25, 0.3) is 0 Å². The zero-order chi connectivity index (χ0) is 8.39. The van der Waals surface area contributed by atoms with Crippen LogP contribution < -0.4 is 0 Å². The molecule has 2 heteroatoms. The Morgan fingerprint density at radius 2 is 1.83 bits per heavy atom. The van der Waals surface area contributed by atoms with Gasteiger partial charge in [-0.3, -0.25) is 4.90 Å². The van der Waals surface area contributed by atoms with Gasteiger partial charge in [-0.1, -0.05) is 12.8 Å². The molecule has 1 atom stereocenters. The van der Waals surface area contributed by atoms with Crippen molar-refractivity contribution >= 4 is 0 Å². The Labute approximate surface area is 73.9 Å². The summed E-state index contributed by atoms with van der Waals surface area (Å²) in [7, 11) is 0. The highest BCUT2D eigenvalue weighted by Gasteiger charge is 2.30. The lowest BCUT2D eigenvalue weighted by atomic mass is 10.1. The Morgan fingerprint density at radius 1 is 1.08 bits per heavy atom. The van der Waals surface area contributed by atoms with Gasteiger partial charge < -0.3 is 0 Å². The maximum Gasteiger partial charge on any atom is 0.154 e. The topological polar surface area (TPSA) is 3.24 Å². The van der Waals surface area contributed by atoms with Crippen molar-refractivity contribution in [3.8, 4) is 0 Å². The minimum Gasteiger partial charge on any atom is -0.266 e. The lowest BCUT2D eigenvalue weighted by Crippen LogP contribution is -2.38. The molecule has 0 N–H and O–H groups in total. The van der Waals surface area contributed by atoms with Crippen LogP contribution in [0.5, 0.6) is 0 Å². The molecular formula is C10H17FN. The predicted octanol–water partition coefficient (Wildman–Crippen LogP) is 2.87. The Hall–Kier alpha value is -0.110. The van der Waals surface area contributed by atoms with Crippen LogP contribution in [0.1, 0.15) is 44.9 Å². The Morgan fingerprint density at radius 3 is 2.50 bits per heavy atom. The maximum atomic E-state index is 13.4. The molecule has 2 fully saturated rings. The van der Waals surface area contributed by atoms with E-state index in [1.807, 2.05) is 4.90 Å². The summed E-state index contributed by atoms with van der Waals surface area (Å²) < 4.78 is 13.4. The molecule has 1 radical (unpaired) electrons. The molecule has 1 aliphatic carbocycles. The molecule has 1 saturated heterocycles. The molecule has 1 heterocycles. The Bertz CT molecular complexity index is 143. The molecule has 0 bridgehead atoms. The van der Waals surface area contributed by atoms with E-state index in [4.69, 9.17) is 0 Å². The first-order chi connectivity index (χ1) is 5.88. The van der Waals surface area contributed by atoms with Crippen LogP contribution >= 0.6 is 0 Å². The first kappa shape index (κ1) is 8.49. The second kappa shape index (κ2) is 3.73. The fourth-order valence-electron chi connectivity index (χ4n) is 2.32. The molecule has 2 aliphatic rings. The average molecular weight is 170 g/mol. The van der Waals surface area contributed by atoms with Gasteiger partial charge in [-0.2, -0.15) is 0 Å². The number of hydrogen-bond acceptors (Lipinski definition) is 1. The molecule has 0 spiro atoms. The summed E-state index contributed by atoms with van der Waals surface area (Å²) in [5.41, 5.74) is 0. The van der Waals surface area contributed by atoms with E-state index in [0.29, 0.717) is 0 Å². The van der Waals surface area contributed by atoms with Gasteiger partial charge >= 0.3 is 0 Å². The van der Waals surface area contributed by atoms with Crippen molar-refractivity contribution in [3.63, 3.8) is 0 Å². The van der Waals surface area contributed by atoms with Crippen LogP contribution in [-0.2, 0) is 0 Å². The number of piperidine rings is 1. The molecule has 0 aromatic carbocycles. The summed E-state index contributed by atoms with van der Waals surface area (Å²) in [6.45, 7) is 0.969. The van der Waals surface area contributed by atoms with E-state index in [2.05, 4.69) is 0 Å². The highest BCUT2D eigenvalue weighted by Crippen LogP contribution is 2.34. The molecule has 0 aromatic rings. The standard InChI is InChI=1S/C10H17FN/c11-10-7-3-4-8-12(10)9-5-1-2-6-9/h10H,1-8H2. The SMILES string of the molecule is FC1CCCCN1[C]1CCCC1. The van der Waals surface area contributed by atoms with Gasteiger partial charge in [-0.05, 0) is 32.1 Å². The lowest BCUT2D eigenvalue weighted by Gasteiger charge is -2.34. The van der Waals surface area contributed by atoms with Crippen molar-refractivity contribution in [2.45, 2.75) is 51.2 Å². The number of likely N-dealkylation sites (tertiary alicyclic amines) is 1. The molecule has 1 saturated carbocycles. The predicted molar refractivity (Wildman–Crippen MR) is 47.2 cm³/mol. The number of nitrogens with zero attached hydrogens (tertiary/aromatic N) is 1. The van der Waals surface area contributed by atoms with Crippen LogP contribution in [0.2, 0.25) is 0 Å². The fraction of sp³-hybridized carbons (Fsp3) is 0.900. The van der Waals surface area contributed by atoms with Crippen LogP contribution in [0.25, 0.3) is 0 Å². The van der Waals surface area contributed by atoms with Crippen molar-refractivity contribution < 1.29 is 4.39 Å². The van der Waals surface area contributed by atoms with Gasteiger partial charge in [0.15, 0.2) is 6.30 Å². The second-order valence-electron chi connectivity index (χ2n) is 3.90. The third-order valence-electron chi connectivity index (χ3n) is 3.02. The van der Waals surface area contributed by atoms with Crippen molar-refractivity contribution in [1.29, 1.82) is 0 Å². The third kappa shape index (κ3) is 1.63. The third-order valence-corrected chi connectivity index (χ3v) is 3.02. The van der Waals surface area contributed by atoms with Crippen molar-refractivity contribution in [2.24, 2.45) is 0 Å². The van der Waals surface area contributed by atoms with Gasteiger partial charge in [0.1, 0.15) is 0 Å². The van der Waals surface area contributed by atoms with Crippen LogP contribution in [0, 0.1) is 6.04 Å². The minimum absolute atomic E-state index is 0.660. The summed E-state index contributed by atoms with van der Waals surface area (Å²) in [5.74, 6) is 0. The zero-order valence-electron chi connectivity index (χ0n) is 7.56.